The molecule has 2 N–H and O–H groups in total. The maximum atomic E-state index is 13.1. The lowest BCUT2D eigenvalue weighted by molar-refractivity contribution is 0.247. The molecule has 0 radical (unpaired) electrons. The molecule has 2 atom stereocenters. The lowest BCUT2D eigenvalue weighted by Crippen LogP contribution is -2.48. The first kappa shape index (κ1) is 14.4. The molecular weight excluding hydrogens is 267 g/mol. The minimum absolute atomic E-state index is 0.0654. The highest BCUT2D eigenvalue weighted by Gasteiger charge is 2.32. The highest BCUT2D eigenvalue weighted by atomic mass is 32.2. The van der Waals surface area contributed by atoms with E-state index in [1.165, 1.54) is 22.5 Å². The number of hydrogen-bond donors (Lipinski definition) is 1. The fourth-order valence-corrected chi connectivity index (χ4v) is 4.31. The molecule has 1 aliphatic heterocycles. The zero-order valence-corrected chi connectivity index (χ0v) is 11.7. The number of nitrogens with zero attached hydrogens (tertiary/aromatic N) is 1. The summed E-state index contributed by atoms with van der Waals surface area (Å²) in [6.45, 7) is 2.31. The smallest absolute Gasteiger partial charge is 0.218 e. The van der Waals surface area contributed by atoms with Crippen molar-refractivity contribution in [3.63, 3.8) is 0 Å². The molecule has 2 unspecified atom stereocenters. The van der Waals surface area contributed by atoms with Crippen molar-refractivity contribution in [2.24, 2.45) is 5.73 Å². The van der Waals surface area contributed by atoms with Crippen molar-refractivity contribution < 1.29 is 12.8 Å². The van der Waals surface area contributed by atoms with Crippen molar-refractivity contribution in [3.05, 3.63) is 35.6 Å². The van der Waals surface area contributed by atoms with Gasteiger partial charge in [0, 0.05) is 18.6 Å². The summed E-state index contributed by atoms with van der Waals surface area (Å²) in [6, 6.07) is 5.69. The van der Waals surface area contributed by atoms with Gasteiger partial charge in [0.1, 0.15) is 5.82 Å². The van der Waals surface area contributed by atoms with Crippen LogP contribution >= 0.6 is 0 Å². The summed E-state index contributed by atoms with van der Waals surface area (Å²) in [5.74, 6) is -0.578. The molecule has 1 aliphatic rings. The van der Waals surface area contributed by atoms with Crippen LogP contribution in [0.2, 0.25) is 0 Å². The topological polar surface area (TPSA) is 63.4 Å². The summed E-state index contributed by atoms with van der Waals surface area (Å²) in [7, 11) is -3.41. The quantitative estimate of drug-likeness (QED) is 0.915. The number of piperidine rings is 1. The second kappa shape index (κ2) is 5.56. The van der Waals surface area contributed by atoms with Gasteiger partial charge in [-0.1, -0.05) is 12.1 Å². The third-order valence-electron chi connectivity index (χ3n) is 3.45. The van der Waals surface area contributed by atoms with Crippen LogP contribution in [0, 0.1) is 5.82 Å². The zero-order chi connectivity index (χ0) is 14.0. The standard InChI is InChI=1S/C13H19FN2O2S/c1-10-7-13(15)5-6-16(10)19(17,18)9-11-3-2-4-12(14)8-11/h2-4,8,10,13H,5-7,9,15H2,1H3. The Morgan fingerprint density at radius 1 is 1.47 bits per heavy atom. The number of rotatable bonds is 3. The van der Waals surface area contributed by atoms with E-state index in [-0.39, 0.29) is 17.8 Å². The molecule has 0 amide bonds. The molecule has 106 valence electrons. The van der Waals surface area contributed by atoms with Crippen LogP contribution in [0.5, 0.6) is 0 Å². The molecule has 0 aromatic heterocycles. The van der Waals surface area contributed by atoms with E-state index >= 15 is 0 Å². The molecule has 0 spiro atoms. The maximum absolute atomic E-state index is 13.1. The predicted octanol–water partition coefficient (Wildman–Crippen LogP) is 1.47. The number of benzene rings is 1. The first-order chi connectivity index (χ1) is 8.88. The zero-order valence-electron chi connectivity index (χ0n) is 10.9. The van der Waals surface area contributed by atoms with E-state index in [1.807, 2.05) is 6.92 Å². The summed E-state index contributed by atoms with van der Waals surface area (Å²) in [6.07, 6.45) is 1.34. The van der Waals surface area contributed by atoms with Crippen LogP contribution in [-0.4, -0.2) is 31.4 Å². The fourth-order valence-electron chi connectivity index (χ4n) is 2.52. The van der Waals surface area contributed by atoms with Gasteiger partial charge in [0.2, 0.25) is 10.0 Å². The Hall–Kier alpha value is -0.980. The molecule has 0 aliphatic carbocycles. The lowest BCUT2D eigenvalue weighted by atomic mass is 10.0. The molecule has 1 fully saturated rings. The van der Waals surface area contributed by atoms with E-state index in [1.54, 1.807) is 6.07 Å². The first-order valence-electron chi connectivity index (χ1n) is 6.38. The number of sulfonamides is 1. The summed E-state index contributed by atoms with van der Waals surface area (Å²) < 4.78 is 39.3. The van der Waals surface area contributed by atoms with Crippen LogP contribution < -0.4 is 5.73 Å². The van der Waals surface area contributed by atoms with E-state index < -0.39 is 15.8 Å². The van der Waals surface area contributed by atoms with E-state index in [2.05, 4.69) is 0 Å². The number of halogens is 1. The lowest BCUT2D eigenvalue weighted by Gasteiger charge is -2.35. The summed E-state index contributed by atoms with van der Waals surface area (Å²) >= 11 is 0. The van der Waals surface area contributed by atoms with Gasteiger partial charge in [-0.15, -0.1) is 0 Å². The monoisotopic (exact) mass is 286 g/mol. The third kappa shape index (κ3) is 3.52. The first-order valence-corrected chi connectivity index (χ1v) is 7.99. The predicted molar refractivity (Wildman–Crippen MR) is 72.4 cm³/mol. The van der Waals surface area contributed by atoms with Crippen molar-refractivity contribution in [1.82, 2.24) is 4.31 Å². The van der Waals surface area contributed by atoms with E-state index in [9.17, 15) is 12.8 Å². The second-order valence-corrected chi connectivity index (χ2v) is 7.05. The SMILES string of the molecule is CC1CC(N)CCN1S(=O)(=O)Cc1cccc(F)c1. The van der Waals surface area contributed by atoms with Crippen molar-refractivity contribution in [2.75, 3.05) is 6.54 Å². The summed E-state index contributed by atoms with van der Waals surface area (Å²) in [5.41, 5.74) is 6.31. The van der Waals surface area contributed by atoms with Gasteiger partial charge in [-0.3, -0.25) is 0 Å². The van der Waals surface area contributed by atoms with Crippen LogP contribution in [0.1, 0.15) is 25.3 Å². The van der Waals surface area contributed by atoms with Crippen LogP contribution in [0.4, 0.5) is 4.39 Å². The normalized spacial score (nSPS) is 25.4. The molecular formula is C13H19FN2O2S. The van der Waals surface area contributed by atoms with Crippen molar-refractivity contribution in [3.8, 4) is 0 Å². The number of hydrogen-bond acceptors (Lipinski definition) is 3. The average molecular weight is 286 g/mol. The molecule has 4 nitrogen and oxygen atoms in total. The molecule has 2 rings (SSSR count). The molecule has 0 bridgehead atoms. The van der Waals surface area contributed by atoms with E-state index in [0.29, 0.717) is 24.9 Å². The van der Waals surface area contributed by atoms with E-state index in [4.69, 9.17) is 5.73 Å². The molecule has 1 aromatic carbocycles. The van der Waals surface area contributed by atoms with Gasteiger partial charge in [0.25, 0.3) is 0 Å². The van der Waals surface area contributed by atoms with Gasteiger partial charge < -0.3 is 5.73 Å². The molecule has 6 heteroatoms. The minimum atomic E-state index is -3.41. The number of nitrogens with two attached hydrogens (primary N) is 1. The Kier molecular flexibility index (Phi) is 4.23. The summed E-state index contributed by atoms with van der Waals surface area (Å²) in [4.78, 5) is 0. The van der Waals surface area contributed by atoms with Crippen molar-refractivity contribution in [1.29, 1.82) is 0 Å². The van der Waals surface area contributed by atoms with Crippen LogP contribution in [0.3, 0.4) is 0 Å². The van der Waals surface area contributed by atoms with Gasteiger partial charge in [-0.25, -0.2) is 12.8 Å². The molecule has 1 heterocycles. The minimum Gasteiger partial charge on any atom is -0.328 e. The Bertz CT molecular complexity index is 547. The maximum Gasteiger partial charge on any atom is 0.218 e. The van der Waals surface area contributed by atoms with Gasteiger partial charge in [-0.2, -0.15) is 4.31 Å². The fraction of sp³-hybridized carbons (Fsp3) is 0.538. The summed E-state index contributed by atoms with van der Waals surface area (Å²) in [5, 5.41) is 0. The van der Waals surface area contributed by atoms with Gasteiger partial charge in [-0.05, 0) is 37.5 Å². The van der Waals surface area contributed by atoms with Gasteiger partial charge in [0.15, 0.2) is 0 Å². The Labute approximate surface area is 113 Å². The Balaban J connectivity index is 2.14. The molecule has 19 heavy (non-hydrogen) atoms. The average Bonchev–Trinajstić information content (AvgIpc) is 2.27. The third-order valence-corrected chi connectivity index (χ3v) is 5.41. The molecule has 1 aromatic rings. The van der Waals surface area contributed by atoms with Crippen molar-refractivity contribution in [2.45, 2.75) is 37.6 Å². The highest BCUT2D eigenvalue weighted by molar-refractivity contribution is 7.88. The van der Waals surface area contributed by atoms with Crippen LogP contribution in [0.25, 0.3) is 0 Å². The Morgan fingerprint density at radius 3 is 2.84 bits per heavy atom. The Morgan fingerprint density at radius 2 is 2.21 bits per heavy atom. The van der Waals surface area contributed by atoms with Crippen LogP contribution in [-0.2, 0) is 15.8 Å². The van der Waals surface area contributed by atoms with Gasteiger partial charge in [0.05, 0.1) is 5.75 Å². The second-order valence-electron chi connectivity index (χ2n) is 5.13. The molecule has 0 saturated carbocycles. The van der Waals surface area contributed by atoms with Crippen molar-refractivity contribution >= 4 is 10.0 Å². The molecule has 1 saturated heterocycles. The van der Waals surface area contributed by atoms with Crippen LogP contribution in [0.15, 0.2) is 24.3 Å². The highest BCUT2D eigenvalue weighted by Crippen LogP contribution is 2.22. The van der Waals surface area contributed by atoms with Gasteiger partial charge >= 0.3 is 0 Å². The van der Waals surface area contributed by atoms with E-state index in [0.717, 1.165) is 0 Å². The largest absolute Gasteiger partial charge is 0.328 e.